The summed E-state index contributed by atoms with van der Waals surface area (Å²) >= 11 is 1.21. The third-order valence-corrected chi connectivity index (χ3v) is 7.86. The number of hydrogen-bond donors (Lipinski definition) is 2. The number of ether oxygens (including phenoxy) is 2. The number of nitrogens with zero attached hydrogens (tertiary/aromatic N) is 1. The summed E-state index contributed by atoms with van der Waals surface area (Å²) in [5.41, 5.74) is 0.590. The van der Waals surface area contributed by atoms with Crippen LogP contribution in [-0.4, -0.2) is 45.0 Å². The molecule has 1 heterocycles. The second-order valence-corrected chi connectivity index (χ2v) is 10.7. The smallest absolute Gasteiger partial charge is 0.322 e. The van der Waals surface area contributed by atoms with Crippen molar-refractivity contribution >= 4 is 45.0 Å². The molecule has 3 rings (SSSR count). The molecule has 0 radical (unpaired) electrons. The van der Waals surface area contributed by atoms with Gasteiger partial charge in [0.1, 0.15) is 0 Å². The van der Waals surface area contributed by atoms with Crippen molar-refractivity contribution < 1.29 is 27.5 Å². The SMILES string of the molecule is COC(=O)C(C(=O)OC)[C@H](Nc1ccc(S(=O)(=O)Nc2cc(C)sn2)cc1)C1CCCCC1. The zero-order chi connectivity index (χ0) is 24.0. The molecule has 1 saturated carbocycles. The highest BCUT2D eigenvalue weighted by Gasteiger charge is 2.41. The second kappa shape index (κ2) is 11.0. The molecule has 2 N–H and O–H groups in total. The van der Waals surface area contributed by atoms with Crippen LogP contribution < -0.4 is 10.0 Å². The van der Waals surface area contributed by atoms with E-state index < -0.39 is 33.9 Å². The van der Waals surface area contributed by atoms with Crippen LogP contribution >= 0.6 is 11.5 Å². The van der Waals surface area contributed by atoms with E-state index in [1.807, 2.05) is 6.92 Å². The van der Waals surface area contributed by atoms with Crippen LogP contribution in [-0.2, 0) is 29.1 Å². The van der Waals surface area contributed by atoms with E-state index in [0.717, 1.165) is 37.0 Å². The van der Waals surface area contributed by atoms with E-state index in [9.17, 15) is 18.0 Å². The Labute approximate surface area is 198 Å². The van der Waals surface area contributed by atoms with Gasteiger partial charge >= 0.3 is 11.9 Å². The van der Waals surface area contributed by atoms with Gasteiger partial charge in [0.05, 0.1) is 25.2 Å². The summed E-state index contributed by atoms with van der Waals surface area (Å²) in [6.07, 6.45) is 4.87. The number of esters is 2. The fourth-order valence-corrected chi connectivity index (χ4v) is 5.70. The van der Waals surface area contributed by atoms with Crippen molar-refractivity contribution in [2.24, 2.45) is 11.8 Å². The van der Waals surface area contributed by atoms with Crippen LogP contribution in [0.4, 0.5) is 11.5 Å². The van der Waals surface area contributed by atoms with Gasteiger partial charge in [-0.1, -0.05) is 19.3 Å². The zero-order valence-corrected chi connectivity index (χ0v) is 20.5. The van der Waals surface area contributed by atoms with Crippen LogP contribution in [0.1, 0.15) is 37.0 Å². The lowest BCUT2D eigenvalue weighted by molar-refractivity contribution is -0.160. The Balaban J connectivity index is 1.83. The van der Waals surface area contributed by atoms with E-state index in [0.29, 0.717) is 5.69 Å². The lowest BCUT2D eigenvalue weighted by Gasteiger charge is -2.34. The molecule has 180 valence electrons. The predicted octanol–water partition coefficient (Wildman–Crippen LogP) is 3.58. The molecule has 1 aromatic carbocycles. The number of nitrogens with one attached hydrogen (secondary N) is 2. The first-order chi connectivity index (χ1) is 15.7. The summed E-state index contributed by atoms with van der Waals surface area (Å²) in [4.78, 5) is 26.0. The lowest BCUT2D eigenvalue weighted by Crippen LogP contribution is -2.46. The molecule has 1 fully saturated rings. The van der Waals surface area contributed by atoms with Gasteiger partial charge < -0.3 is 14.8 Å². The van der Waals surface area contributed by atoms with Gasteiger partial charge in [-0.25, -0.2) is 8.42 Å². The van der Waals surface area contributed by atoms with Crippen molar-refractivity contribution in [2.75, 3.05) is 24.3 Å². The molecule has 0 unspecified atom stereocenters. The topological polar surface area (TPSA) is 124 Å². The second-order valence-electron chi connectivity index (χ2n) is 8.04. The molecule has 0 bridgehead atoms. The molecule has 1 atom stereocenters. The first-order valence-corrected chi connectivity index (χ1v) is 13.0. The Morgan fingerprint density at radius 3 is 2.18 bits per heavy atom. The van der Waals surface area contributed by atoms with Gasteiger partial charge in [0.25, 0.3) is 10.0 Å². The van der Waals surface area contributed by atoms with Crippen LogP contribution in [0.2, 0.25) is 0 Å². The molecule has 1 aliphatic rings. The first kappa shape index (κ1) is 25.0. The number of sulfonamides is 1. The van der Waals surface area contributed by atoms with Crippen molar-refractivity contribution in [2.45, 2.75) is 50.0 Å². The van der Waals surface area contributed by atoms with Crippen LogP contribution in [0.15, 0.2) is 35.2 Å². The minimum absolute atomic E-state index is 0.0694. The van der Waals surface area contributed by atoms with Crippen molar-refractivity contribution in [3.8, 4) is 0 Å². The predicted molar refractivity (Wildman–Crippen MR) is 126 cm³/mol. The van der Waals surface area contributed by atoms with Gasteiger partial charge in [0.15, 0.2) is 11.7 Å². The highest BCUT2D eigenvalue weighted by Crippen LogP contribution is 2.33. The number of aryl methyl sites for hydroxylation is 1. The van der Waals surface area contributed by atoms with Crippen LogP contribution in [0.25, 0.3) is 0 Å². The molecule has 0 amide bonds. The third-order valence-electron chi connectivity index (χ3n) is 5.79. The Bertz CT molecular complexity index is 1050. The van der Waals surface area contributed by atoms with Crippen molar-refractivity contribution in [3.05, 3.63) is 35.2 Å². The number of carbonyl (C=O) groups is 2. The number of rotatable bonds is 9. The van der Waals surface area contributed by atoms with E-state index in [2.05, 4.69) is 14.4 Å². The number of hydrogen-bond acceptors (Lipinski definition) is 9. The first-order valence-electron chi connectivity index (χ1n) is 10.7. The summed E-state index contributed by atoms with van der Waals surface area (Å²) in [5.74, 6) is -2.10. The average Bonchev–Trinajstić information content (AvgIpc) is 3.22. The van der Waals surface area contributed by atoms with E-state index in [1.165, 1.54) is 37.9 Å². The number of benzene rings is 1. The maximum absolute atomic E-state index is 12.7. The van der Waals surface area contributed by atoms with Crippen LogP contribution in [0.5, 0.6) is 0 Å². The molecular formula is C22H29N3O6S2. The molecule has 0 spiro atoms. The van der Waals surface area contributed by atoms with E-state index >= 15 is 0 Å². The van der Waals surface area contributed by atoms with Crippen molar-refractivity contribution in [3.63, 3.8) is 0 Å². The summed E-state index contributed by atoms with van der Waals surface area (Å²) in [5, 5.41) is 3.28. The van der Waals surface area contributed by atoms with Crippen LogP contribution in [0, 0.1) is 18.8 Å². The van der Waals surface area contributed by atoms with E-state index in [-0.39, 0.29) is 16.6 Å². The Morgan fingerprint density at radius 2 is 1.67 bits per heavy atom. The molecule has 0 aliphatic heterocycles. The van der Waals surface area contributed by atoms with Gasteiger partial charge in [-0.05, 0) is 67.5 Å². The minimum atomic E-state index is -3.80. The normalized spacial score (nSPS) is 15.6. The summed E-state index contributed by atoms with van der Waals surface area (Å²) < 4.78 is 41.6. The largest absolute Gasteiger partial charge is 0.468 e. The Morgan fingerprint density at radius 1 is 1.06 bits per heavy atom. The Hall–Kier alpha value is -2.66. The zero-order valence-electron chi connectivity index (χ0n) is 18.9. The average molecular weight is 496 g/mol. The van der Waals surface area contributed by atoms with Crippen molar-refractivity contribution in [1.29, 1.82) is 0 Å². The summed E-state index contributed by atoms with van der Waals surface area (Å²) in [6.45, 7) is 1.84. The van der Waals surface area contributed by atoms with Crippen molar-refractivity contribution in [1.82, 2.24) is 4.37 Å². The van der Waals surface area contributed by atoms with Gasteiger partial charge in [-0.15, -0.1) is 0 Å². The molecule has 1 aliphatic carbocycles. The maximum atomic E-state index is 12.7. The molecular weight excluding hydrogens is 466 g/mol. The highest BCUT2D eigenvalue weighted by atomic mass is 32.2. The van der Waals surface area contributed by atoms with Gasteiger partial charge in [0.2, 0.25) is 0 Å². The standard InChI is InChI=1S/C22H29N3O6S2/c1-14-13-18(24-32-14)25-33(28,29)17-11-9-16(10-12-17)23-20(15-7-5-4-6-8-15)19(21(26)30-2)22(27)31-3/h9-13,15,19-20,23H,4-8H2,1-3H3,(H,24,25)/t20-/m1/s1. The molecule has 0 saturated heterocycles. The quantitative estimate of drug-likeness (QED) is 0.400. The summed E-state index contributed by atoms with van der Waals surface area (Å²) in [6, 6.07) is 7.28. The number of anilines is 2. The lowest BCUT2D eigenvalue weighted by atomic mass is 9.78. The summed E-state index contributed by atoms with van der Waals surface area (Å²) in [7, 11) is -1.31. The highest BCUT2D eigenvalue weighted by molar-refractivity contribution is 7.92. The van der Waals surface area contributed by atoms with E-state index in [1.54, 1.807) is 18.2 Å². The van der Waals surface area contributed by atoms with Crippen LogP contribution in [0.3, 0.4) is 0 Å². The number of methoxy groups -OCH3 is 2. The van der Waals surface area contributed by atoms with Gasteiger partial charge in [0, 0.05) is 10.6 Å². The molecule has 33 heavy (non-hydrogen) atoms. The molecule has 11 heteroatoms. The number of carbonyl (C=O) groups excluding carboxylic acids is 2. The molecule has 9 nitrogen and oxygen atoms in total. The Kier molecular flexibility index (Phi) is 8.30. The van der Waals surface area contributed by atoms with Gasteiger partial charge in [-0.3, -0.25) is 14.3 Å². The van der Waals surface area contributed by atoms with E-state index in [4.69, 9.17) is 9.47 Å². The number of aromatic nitrogens is 1. The molecule has 1 aromatic heterocycles. The minimum Gasteiger partial charge on any atom is -0.468 e. The maximum Gasteiger partial charge on any atom is 0.322 e. The monoisotopic (exact) mass is 495 g/mol. The van der Waals surface area contributed by atoms with Gasteiger partial charge in [-0.2, -0.15) is 4.37 Å². The molecule has 2 aromatic rings. The fourth-order valence-electron chi connectivity index (χ4n) is 4.14. The fraction of sp³-hybridized carbons (Fsp3) is 0.500. The third kappa shape index (κ3) is 6.23.